The van der Waals surface area contributed by atoms with Gasteiger partial charge in [-0.2, -0.15) is 4.37 Å². The number of carbonyl (C=O) groups is 2. The van der Waals surface area contributed by atoms with Crippen LogP contribution in [0.25, 0.3) is 0 Å². The monoisotopic (exact) mass is 397 g/mol. The molecule has 0 radical (unpaired) electrons. The number of thioether (sulfide) groups is 1. The number of carbonyl (C=O) groups excluding carboxylic acids is 1. The van der Waals surface area contributed by atoms with Crippen LogP contribution < -0.4 is 10.6 Å². The average Bonchev–Trinajstić information content (AvgIpc) is 3.24. The number of aromatic amines is 1. The van der Waals surface area contributed by atoms with Gasteiger partial charge in [-0.3, -0.25) is 5.32 Å². The highest BCUT2D eigenvalue weighted by atomic mass is 32.2. The predicted molar refractivity (Wildman–Crippen MR) is 103 cm³/mol. The van der Waals surface area contributed by atoms with Crippen LogP contribution in [-0.2, 0) is 6.42 Å². The molecule has 26 heavy (non-hydrogen) atoms. The minimum atomic E-state index is -1.08. The summed E-state index contributed by atoms with van der Waals surface area (Å²) in [6, 6.07) is -0.449. The molecule has 0 aliphatic carbocycles. The van der Waals surface area contributed by atoms with Crippen molar-refractivity contribution in [1.29, 1.82) is 0 Å². The van der Waals surface area contributed by atoms with Crippen molar-refractivity contribution in [2.45, 2.75) is 44.1 Å². The van der Waals surface area contributed by atoms with E-state index >= 15 is 0 Å². The minimum Gasteiger partial charge on any atom is -0.477 e. The van der Waals surface area contributed by atoms with Gasteiger partial charge in [0.15, 0.2) is 0 Å². The number of hydrogen-bond donors (Lipinski definition) is 4. The van der Waals surface area contributed by atoms with Gasteiger partial charge in [-0.25, -0.2) is 14.6 Å². The van der Waals surface area contributed by atoms with Gasteiger partial charge in [0.2, 0.25) is 0 Å². The number of carboxylic acid groups (broad SMARTS) is 1. The highest BCUT2D eigenvalue weighted by Crippen LogP contribution is 2.32. The number of anilines is 1. The lowest BCUT2D eigenvalue weighted by molar-refractivity contribution is 0.0694. The fourth-order valence-corrected chi connectivity index (χ4v) is 4.17. The molecule has 0 spiro atoms. The first-order valence-corrected chi connectivity index (χ1v) is 10.3. The maximum Gasteiger partial charge on any atom is 0.341 e. The zero-order valence-corrected chi connectivity index (χ0v) is 16.2. The molecule has 2 aromatic heterocycles. The van der Waals surface area contributed by atoms with Gasteiger partial charge in [-0.05, 0) is 23.7 Å². The quantitative estimate of drug-likeness (QED) is 0.340. The van der Waals surface area contributed by atoms with Gasteiger partial charge in [0.1, 0.15) is 15.6 Å². The van der Waals surface area contributed by atoms with Crippen molar-refractivity contribution >= 4 is 40.3 Å². The Kier molecular flexibility index (Phi) is 8.42. The molecule has 0 unspecified atom stereocenters. The van der Waals surface area contributed by atoms with E-state index < -0.39 is 12.0 Å². The molecule has 0 aliphatic heterocycles. The first kappa shape index (κ1) is 20.2. The van der Waals surface area contributed by atoms with Crippen molar-refractivity contribution in [2.75, 3.05) is 17.6 Å². The van der Waals surface area contributed by atoms with E-state index in [9.17, 15) is 14.7 Å². The summed E-state index contributed by atoms with van der Waals surface area (Å²) in [7, 11) is 0. The summed E-state index contributed by atoms with van der Waals surface area (Å²) in [5.41, 5.74) is 0.982. The molecular formula is C16H23N5O3S2. The summed E-state index contributed by atoms with van der Waals surface area (Å²) in [5, 5.41) is 15.5. The number of hydrogen-bond acceptors (Lipinski definition) is 6. The maximum atomic E-state index is 12.0. The first-order chi connectivity index (χ1) is 12.6. The molecule has 4 N–H and O–H groups in total. The maximum absolute atomic E-state index is 12.0. The second kappa shape index (κ2) is 10.8. The molecule has 0 aromatic carbocycles. The molecule has 0 atom stereocenters. The summed E-state index contributed by atoms with van der Waals surface area (Å²) >= 11 is 2.42. The van der Waals surface area contributed by atoms with Crippen LogP contribution in [0, 0.1) is 0 Å². The minimum absolute atomic E-state index is 0.0687. The number of nitrogens with zero attached hydrogens (tertiary/aromatic N) is 2. The fraction of sp³-hybridized carbons (Fsp3) is 0.500. The van der Waals surface area contributed by atoms with Gasteiger partial charge in [-0.15, -0.1) is 11.8 Å². The van der Waals surface area contributed by atoms with Crippen molar-refractivity contribution in [3.63, 3.8) is 0 Å². The van der Waals surface area contributed by atoms with Crippen molar-refractivity contribution in [2.24, 2.45) is 0 Å². The molecule has 0 fully saturated rings. The van der Waals surface area contributed by atoms with E-state index in [4.69, 9.17) is 0 Å². The standard InChI is InChI=1S/C16H23N5O3S2/c1-2-3-4-5-8-25-14-12(15(22)23)13(26-21-14)20-16(24)18-7-6-11-9-17-10-19-11/h9-10H,2-8H2,1H3,(H,17,19)(H,22,23)(H2,18,20,24). The Morgan fingerprint density at radius 1 is 1.35 bits per heavy atom. The molecule has 142 valence electrons. The van der Waals surface area contributed by atoms with Crippen LogP contribution in [0.2, 0.25) is 0 Å². The van der Waals surface area contributed by atoms with Crippen LogP contribution in [0.15, 0.2) is 17.6 Å². The third-order valence-electron chi connectivity index (χ3n) is 3.57. The summed E-state index contributed by atoms with van der Waals surface area (Å²) < 4.78 is 4.20. The number of aromatic carboxylic acids is 1. The Morgan fingerprint density at radius 3 is 2.88 bits per heavy atom. The number of aromatic nitrogens is 3. The molecule has 0 bridgehead atoms. The highest BCUT2D eigenvalue weighted by molar-refractivity contribution is 7.99. The highest BCUT2D eigenvalue weighted by Gasteiger charge is 2.22. The molecule has 0 saturated heterocycles. The van der Waals surface area contributed by atoms with Crippen molar-refractivity contribution in [3.8, 4) is 0 Å². The predicted octanol–water partition coefficient (Wildman–Crippen LogP) is 3.60. The van der Waals surface area contributed by atoms with Crippen LogP contribution in [0.3, 0.4) is 0 Å². The van der Waals surface area contributed by atoms with Crippen LogP contribution >= 0.6 is 23.3 Å². The molecule has 2 heterocycles. The fourth-order valence-electron chi connectivity index (χ4n) is 2.23. The smallest absolute Gasteiger partial charge is 0.341 e. The Bertz CT molecular complexity index is 703. The summed E-state index contributed by atoms with van der Waals surface area (Å²) in [6.45, 7) is 2.56. The van der Waals surface area contributed by atoms with Crippen LogP contribution in [0.1, 0.15) is 48.7 Å². The lowest BCUT2D eigenvalue weighted by Gasteiger charge is -2.06. The van der Waals surface area contributed by atoms with Gasteiger partial charge in [0, 0.05) is 24.9 Å². The topological polar surface area (TPSA) is 120 Å². The molecule has 2 aromatic rings. The van der Waals surface area contributed by atoms with E-state index in [-0.39, 0.29) is 10.6 Å². The van der Waals surface area contributed by atoms with Crippen LogP contribution in [-0.4, -0.2) is 43.7 Å². The number of carboxylic acids is 1. The SMILES string of the molecule is CCCCCCSc1nsc(NC(=O)NCCc2cnc[nH]2)c1C(=O)O. The molecular weight excluding hydrogens is 374 g/mol. The Hall–Kier alpha value is -2.07. The molecule has 10 heteroatoms. The van der Waals surface area contributed by atoms with E-state index in [1.54, 1.807) is 12.5 Å². The summed E-state index contributed by atoms with van der Waals surface area (Å²) in [4.78, 5) is 30.4. The van der Waals surface area contributed by atoms with E-state index in [0.717, 1.165) is 42.2 Å². The Labute approximate surface area is 160 Å². The van der Waals surface area contributed by atoms with Gasteiger partial charge >= 0.3 is 12.0 Å². The summed E-state index contributed by atoms with van der Waals surface area (Å²) in [5.74, 6) is -0.262. The normalized spacial score (nSPS) is 10.7. The van der Waals surface area contributed by atoms with E-state index in [1.165, 1.54) is 18.2 Å². The van der Waals surface area contributed by atoms with E-state index in [2.05, 4.69) is 31.9 Å². The molecule has 0 aliphatic rings. The number of unbranched alkanes of at least 4 members (excludes halogenated alkanes) is 3. The average molecular weight is 398 g/mol. The van der Waals surface area contributed by atoms with E-state index in [0.29, 0.717) is 18.0 Å². The second-order valence-corrected chi connectivity index (χ2v) is 7.47. The molecule has 2 amide bonds. The van der Waals surface area contributed by atoms with Gasteiger partial charge < -0.3 is 15.4 Å². The second-order valence-electron chi connectivity index (χ2n) is 5.61. The van der Waals surface area contributed by atoms with Gasteiger partial charge in [-0.1, -0.05) is 26.2 Å². The van der Waals surface area contributed by atoms with Crippen molar-refractivity contribution in [1.82, 2.24) is 19.7 Å². The first-order valence-electron chi connectivity index (χ1n) is 8.49. The number of urea groups is 1. The van der Waals surface area contributed by atoms with Crippen molar-refractivity contribution < 1.29 is 14.7 Å². The number of amides is 2. The van der Waals surface area contributed by atoms with E-state index in [1.807, 2.05) is 0 Å². The van der Waals surface area contributed by atoms with Crippen molar-refractivity contribution in [3.05, 3.63) is 23.8 Å². The van der Waals surface area contributed by atoms with Crippen LogP contribution in [0.5, 0.6) is 0 Å². The molecule has 8 nitrogen and oxygen atoms in total. The van der Waals surface area contributed by atoms with Gasteiger partial charge in [0.25, 0.3) is 0 Å². The number of nitrogens with one attached hydrogen (secondary N) is 3. The Balaban J connectivity index is 1.85. The number of H-pyrrole nitrogens is 1. The van der Waals surface area contributed by atoms with Gasteiger partial charge in [0.05, 0.1) is 6.33 Å². The third-order valence-corrected chi connectivity index (χ3v) is 5.51. The zero-order chi connectivity index (χ0) is 18.8. The zero-order valence-electron chi connectivity index (χ0n) is 14.6. The molecule has 0 saturated carbocycles. The Morgan fingerprint density at radius 2 is 2.19 bits per heavy atom. The largest absolute Gasteiger partial charge is 0.477 e. The number of imidazole rings is 1. The lowest BCUT2D eigenvalue weighted by atomic mass is 10.2. The lowest BCUT2D eigenvalue weighted by Crippen LogP contribution is -2.30. The summed E-state index contributed by atoms with van der Waals surface area (Å²) in [6.07, 6.45) is 8.36. The third kappa shape index (κ3) is 6.34. The molecule has 2 rings (SSSR count). The number of rotatable bonds is 11. The van der Waals surface area contributed by atoms with Crippen LogP contribution in [0.4, 0.5) is 9.80 Å².